The van der Waals surface area contributed by atoms with Gasteiger partial charge in [-0.25, -0.2) is 4.79 Å². The molecule has 3 amide bonds. The molecule has 0 radical (unpaired) electrons. The number of thioether (sulfide) groups is 1. The third-order valence-electron chi connectivity index (χ3n) is 5.29. The molecule has 7 heteroatoms. The number of piperidine rings is 1. The zero-order chi connectivity index (χ0) is 20.6. The van der Waals surface area contributed by atoms with E-state index < -0.39 is 0 Å². The molecule has 1 saturated heterocycles. The van der Waals surface area contributed by atoms with Crippen molar-refractivity contribution in [3.05, 3.63) is 48.4 Å². The van der Waals surface area contributed by atoms with Gasteiger partial charge < -0.3 is 19.5 Å². The second-order valence-corrected chi connectivity index (χ2v) is 8.35. The topological polar surface area (TPSA) is 65.8 Å². The van der Waals surface area contributed by atoms with Gasteiger partial charge in [0.15, 0.2) is 0 Å². The summed E-state index contributed by atoms with van der Waals surface area (Å²) in [5.41, 5.74) is 0.730. The fraction of sp³-hybridized carbons (Fsp3) is 0.455. The fourth-order valence-corrected chi connectivity index (χ4v) is 3.77. The van der Waals surface area contributed by atoms with Crippen LogP contribution in [0.15, 0.2) is 52.0 Å². The van der Waals surface area contributed by atoms with Crippen LogP contribution in [0.25, 0.3) is 0 Å². The van der Waals surface area contributed by atoms with Crippen molar-refractivity contribution < 1.29 is 14.0 Å². The number of rotatable bonds is 7. The summed E-state index contributed by atoms with van der Waals surface area (Å²) < 4.78 is 5.41. The Morgan fingerprint density at radius 2 is 1.93 bits per heavy atom. The summed E-state index contributed by atoms with van der Waals surface area (Å²) >= 11 is 1.65. The number of furan rings is 1. The van der Waals surface area contributed by atoms with Crippen LogP contribution in [0.2, 0.25) is 0 Å². The molecule has 2 heterocycles. The number of carbonyl (C=O) groups excluding carboxylic acids is 2. The van der Waals surface area contributed by atoms with Crippen LogP contribution in [0.4, 0.5) is 10.5 Å². The number of hydrogen-bond acceptors (Lipinski definition) is 4. The molecule has 1 N–H and O–H groups in total. The molecule has 2 aromatic rings. The van der Waals surface area contributed by atoms with Crippen LogP contribution in [-0.4, -0.2) is 47.6 Å². The normalized spacial score (nSPS) is 14.6. The Balaban J connectivity index is 1.60. The molecule has 1 aromatic carbocycles. The number of hydrogen-bond donors (Lipinski definition) is 1. The minimum atomic E-state index is -0.238. The molecular weight excluding hydrogens is 386 g/mol. The van der Waals surface area contributed by atoms with Gasteiger partial charge in [0.25, 0.3) is 0 Å². The van der Waals surface area contributed by atoms with Crippen LogP contribution in [0.1, 0.15) is 31.9 Å². The van der Waals surface area contributed by atoms with Gasteiger partial charge in [-0.15, -0.1) is 11.8 Å². The highest BCUT2D eigenvalue weighted by molar-refractivity contribution is 7.98. The van der Waals surface area contributed by atoms with Crippen molar-refractivity contribution in [2.75, 3.05) is 31.2 Å². The third-order valence-corrected chi connectivity index (χ3v) is 6.03. The first-order valence-electron chi connectivity index (χ1n) is 10.1. The number of likely N-dealkylation sites (tertiary alicyclic amines) is 1. The first-order chi connectivity index (χ1) is 14.0. The van der Waals surface area contributed by atoms with Crippen LogP contribution in [-0.2, 0) is 11.3 Å². The van der Waals surface area contributed by atoms with Crippen LogP contribution < -0.4 is 5.32 Å². The summed E-state index contributed by atoms with van der Waals surface area (Å²) in [6.07, 6.45) is 6.02. The SMILES string of the molecule is CSc1ccc(NC(=O)N(CCC(=O)N2CCC(C)CC2)Cc2ccco2)cc1. The van der Waals surface area contributed by atoms with Crippen molar-refractivity contribution in [3.8, 4) is 0 Å². The number of nitrogens with one attached hydrogen (secondary N) is 1. The Morgan fingerprint density at radius 3 is 2.55 bits per heavy atom. The average molecular weight is 416 g/mol. The van der Waals surface area contributed by atoms with E-state index >= 15 is 0 Å². The maximum absolute atomic E-state index is 12.9. The van der Waals surface area contributed by atoms with Crippen LogP contribution >= 0.6 is 11.8 Å². The molecule has 0 aliphatic carbocycles. The zero-order valence-electron chi connectivity index (χ0n) is 17.1. The highest BCUT2D eigenvalue weighted by atomic mass is 32.2. The van der Waals surface area contributed by atoms with E-state index in [9.17, 15) is 9.59 Å². The quantitative estimate of drug-likeness (QED) is 0.667. The van der Waals surface area contributed by atoms with Crippen molar-refractivity contribution >= 4 is 29.4 Å². The van der Waals surface area contributed by atoms with Gasteiger partial charge in [0.2, 0.25) is 5.91 Å². The summed E-state index contributed by atoms with van der Waals surface area (Å²) in [6, 6.07) is 11.1. The first kappa shape index (κ1) is 21.3. The molecule has 29 heavy (non-hydrogen) atoms. The smallest absolute Gasteiger partial charge is 0.322 e. The molecule has 6 nitrogen and oxygen atoms in total. The predicted molar refractivity (Wildman–Crippen MR) is 116 cm³/mol. The van der Waals surface area contributed by atoms with E-state index in [2.05, 4.69) is 12.2 Å². The number of urea groups is 1. The number of amides is 3. The molecule has 0 spiro atoms. The second kappa shape index (κ2) is 10.4. The zero-order valence-corrected chi connectivity index (χ0v) is 17.9. The Hall–Kier alpha value is -2.41. The van der Waals surface area contributed by atoms with E-state index in [-0.39, 0.29) is 11.9 Å². The van der Waals surface area contributed by atoms with Gasteiger partial charge in [-0.3, -0.25) is 4.79 Å². The lowest BCUT2D eigenvalue weighted by Crippen LogP contribution is -2.41. The summed E-state index contributed by atoms with van der Waals surface area (Å²) in [5.74, 6) is 1.48. The third kappa shape index (κ3) is 6.29. The van der Waals surface area contributed by atoms with Gasteiger partial charge in [0.1, 0.15) is 5.76 Å². The minimum Gasteiger partial charge on any atom is -0.467 e. The molecule has 0 saturated carbocycles. The van der Waals surface area contributed by atoms with Crippen LogP contribution in [0, 0.1) is 5.92 Å². The van der Waals surface area contributed by atoms with Crippen LogP contribution in [0.3, 0.4) is 0 Å². The molecule has 156 valence electrons. The first-order valence-corrected chi connectivity index (χ1v) is 11.3. The molecule has 1 aromatic heterocycles. The Kier molecular flexibility index (Phi) is 7.63. The number of anilines is 1. The predicted octanol–water partition coefficient (Wildman–Crippen LogP) is 4.68. The summed E-state index contributed by atoms with van der Waals surface area (Å²) in [6.45, 7) is 4.52. The van der Waals surface area contributed by atoms with E-state index in [1.165, 1.54) is 0 Å². The largest absolute Gasteiger partial charge is 0.467 e. The van der Waals surface area contributed by atoms with Crippen molar-refractivity contribution in [3.63, 3.8) is 0 Å². The van der Waals surface area contributed by atoms with Crippen molar-refractivity contribution in [2.45, 2.75) is 37.6 Å². The highest BCUT2D eigenvalue weighted by Gasteiger charge is 2.22. The molecular formula is C22H29N3O3S. The lowest BCUT2D eigenvalue weighted by Gasteiger charge is -2.31. The minimum absolute atomic E-state index is 0.110. The lowest BCUT2D eigenvalue weighted by molar-refractivity contribution is -0.132. The molecule has 3 rings (SSSR count). The van der Waals surface area contributed by atoms with Gasteiger partial charge in [-0.05, 0) is 61.4 Å². The van der Waals surface area contributed by atoms with Gasteiger partial charge >= 0.3 is 6.03 Å². The number of nitrogens with zero attached hydrogens (tertiary/aromatic N) is 2. The van der Waals surface area contributed by atoms with Gasteiger partial charge in [-0.1, -0.05) is 6.92 Å². The monoisotopic (exact) mass is 415 g/mol. The fourth-order valence-electron chi connectivity index (χ4n) is 3.37. The Labute approximate surface area is 176 Å². The highest BCUT2D eigenvalue weighted by Crippen LogP contribution is 2.19. The Bertz CT molecular complexity index is 784. The van der Waals surface area contributed by atoms with Crippen molar-refractivity contribution in [1.82, 2.24) is 9.80 Å². The maximum atomic E-state index is 12.9. The maximum Gasteiger partial charge on any atom is 0.322 e. The summed E-state index contributed by atoms with van der Waals surface area (Å²) in [5, 5.41) is 2.93. The van der Waals surface area contributed by atoms with Crippen molar-refractivity contribution in [2.24, 2.45) is 5.92 Å². The molecule has 1 aliphatic rings. The van der Waals surface area contributed by atoms with E-state index in [0.717, 1.165) is 36.5 Å². The molecule has 0 unspecified atom stereocenters. The number of benzene rings is 1. The van der Waals surface area contributed by atoms with Crippen LogP contribution in [0.5, 0.6) is 0 Å². The van der Waals surface area contributed by atoms with E-state index in [1.54, 1.807) is 29.0 Å². The van der Waals surface area contributed by atoms with Gasteiger partial charge in [-0.2, -0.15) is 0 Å². The lowest BCUT2D eigenvalue weighted by atomic mass is 9.99. The average Bonchev–Trinajstić information content (AvgIpc) is 3.25. The summed E-state index contributed by atoms with van der Waals surface area (Å²) in [4.78, 5) is 30.2. The molecule has 0 bridgehead atoms. The van der Waals surface area contributed by atoms with E-state index in [1.807, 2.05) is 41.5 Å². The number of carbonyl (C=O) groups is 2. The van der Waals surface area contributed by atoms with Gasteiger partial charge in [0, 0.05) is 36.6 Å². The Morgan fingerprint density at radius 1 is 1.21 bits per heavy atom. The standard InChI is InChI=1S/C22H29N3O3S/c1-17-9-12-24(13-10-17)21(26)11-14-25(16-19-4-3-15-28-19)22(27)23-18-5-7-20(29-2)8-6-18/h3-8,15,17H,9-14,16H2,1-2H3,(H,23,27). The van der Waals surface area contributed by atoms with Gasteiger partial charge in [0.05, 0.1) is 12.8 Å². The summed E-state index contributed by atoms with van der Waals surface area (Å²) in [7, 11) is 0. The second-order valence-electron chi connectivity index (χ2n) is 7.47. The van der Waals surface area contributed by atoms with E-state index in [4.69, 9.17) is 4.42 Å². The van der Waals surface area contributed by atoms with E-state index in [0.29, 0.717) is 31.2 Å². The molecule has 0 atom stereocenters. The molecule has 1 aliphatic heterocycles. The molecule has 1 fully saturated rings. The van der Waals surface area contributed by atoms with Crippen molar-refractivity contribution in [1.29, 1.82) is 0 Å².